The predicted molar refractivity (Wildman–Crippen MR) is 80.7 cm³/mol. The molecule has 0 bridgehead atoms. The number of likely N-dealkylation sites (N-methyl/N-ethyl adjacent to an activating group) is 1. The topological polar surface area (TPSA) is 32.3 Å². The van der Waals surface area contributed by atoms with Crippen LogP contribution in [0, 0.1) is 0 Å². The third-order valence-corrected chi connectivity index (χ3v) is 4.41. The van der Waals surface area contributed by atoms with Crippen LogP contribution < -0.4 is 5.32 Å². The second-order valence-electron chi connectivity index (χ2n) is 5.50. The lowest BCUT2D eigenvalue weighted by atomic mass is 9.96. The molecule has 1 fully saturated rings. The summed E-state index contributed by atoms with van der Waals surface area (Å²) < 4.78 is 0. The van der Waals surface area contributed by atoms with Gasteiger partial charge in [-0.15, -0.1) is 11.8 Å². The van der Waals surface area contributed by atoms with E-state index >= 15 is 0 Å². The Kier molecular flexibility index (Phi) is 4.53. The summed E-state index contributed by atoms with van der Waals surface area (Å²) in [6, 6.07) is 8.55. The molecule has 0 radical (unpaired) electrons. The van der Waals surface area contributed by atoms with Crippen molar-refractivity contribution < 1.29 is 4.79 Å². The predicted octanol–water partition coefficient (Wildman–Crippen LogP) is 2.12. The number of rotatable bonds is 6. The Hall–Kier alpha value is -1.00. The first-order chi connectivity index (χ1) is 9.07. The summed E-state index contributed by atoms with van der Waals surface area (Å²) in [5.41, 5.74) is 1.58. The van der Waals surface area contributed by atoms with Crippen LogP contribution in [0.1, 0.15) is 18.4 Å². The molecule has 1 amide bonds. The standard InChI is InChI=1S/C15H22N2OS/c1-17(2)10-14(18)16-11-15(8-9-15)12-6-4-5-7-13(12)19-3/h4-7H,8-11H2,1-3H3,(H,16,18). The molecule has 1 aromatic rings. The molecular weight excluding hydrogens is 256 g/mol. The number of nitrogens with one attached hydrogen (secondary N) is 1. The summed E-state index contributed by atoms with van der Waals surface area (Å²) in [6.45, 7) is 1.22. The lowest BCUT2D eigenvalue weighted by Gasteiger charge is -2.20. The quantitative estimate of drug-likeness (QED) is 0.809. The van der Waals surface area contributed by atoms with Gasteiger partial charge in [-0.2, -0.15) is 0 Å². The molecule has 1 N–H and O–H groups in total. The van der Waals surface area contributed by atoms with Crippen molar-refractivity contribution in [2.75, 3.05) is 33.4 Å². The summed E-state index contributed by atoms with van der Waals surface area (Å²) in [5.74, 6) is 0.109. The Balaban J connectivity index is 2.01. The molecule has 104 valence electrons. The van der Waals surface area contributed by atoms with Gasteiger partial charge < -0.3 is 10.2 Å². The fourth-order valence-corrected chi connectivity index (χ4v) is 3.10. The Labute approximate surface area is 119 Å². The van der Waals surface area contributed by atoms with Gasteiger partial charge in [0.05, 0.1) is 6.54 Å². The van der Waals surface area contributed by atoms with Crippen LogP contribution in [0.3, 0.4) is 0 Å². The van der Waals surface area contributed by atoms with E-state index in [9.17, 15) is 4.79 Å². The first-order valence-corrected chi connectivity index (χ1v) is 7.85. The molecule has 0 spiro atoms. The lowest BCUT2D eigenvalue weighted by Crippen LogP contribution is -2.38. The lowest BCUT2D eigenvalue weighted by molar-refractivity contribution is -0.121. The van der Waals surface area contributed by atoms with E-state index in [2.05, 4.69) is 35.8 Å². The van der Waals surface area contributed by atoms with Crippen molar-refractivity contribution in [1.82, 2.24) is 10.2 Å². The highest BCUT2D eigenvalue weighted by Crippen LogP contribution is 2.50. The maximum Gasteiger partial charge on any atom is 0.234 e. The Morgan fingerprint density at radius 2 is 2.05 bits per heavy atom. The SMILES string of the molecule is CSc1ccccc1C1(CNC(=O)CN(C)C)CC1. The van der Waals surface area contributed by atoms with Crippen LogP contribution in [0.15, 0.2) is 29.2 Å². The van der Waals surface area contributed by atoms with Crippen molar-refractivity contribution in [3.05, 3.63) is 29.8 Å². The average molecular weight is 278 g/mol. The zero-order chi connectivity index (χ0) is 13.9. The molecule has 0 aliphatic heterocycles. The minimum Gasteiger partial charge on any atom is -0.354 e. The first-order valence-electron chi connectivity index (χ1n) is 6.62. The van der Waals surface area contributed by atoms with Gasteiger partial charge >= 0.3 is 0 Å². The van der Waals surface area contributed by atoms with Crippen LogP contribution in [0.5, 0.6) is 0 Å². The van der Waals surface area contributed by atoms with E-state index in [0.29, 0.717) is 6.54 Å². The van der Waals surface area contributed by atoms with E-state index in [4.69, 9.17) is 0 Å². The normalized spacial score (nSPS) is 16.4. The number of amides is 1. The number of hydrogen-bond acceptors (Lipinski definition) is 3. The Morgan fingerprint density at radius 3 is 2.63 bits per heavy atom. The third-order valence-electron chi connectivity index (χ3n) is 3.62. The molecule has 2 rings (SSSR count). The smallest absolute Gasteiger partial charge is 0.234 e. The number of carbonyl (C=O) groups excluding carboxylic acids is 1. The monoisotopic (exact) mass is 278 g/mol. The molecule has 4 heteroatoms. The number of carbonyl (C=O) groups is 1. The summed E-state index contributed by atoms with van der Waals surface area (Å²) in [5, 5.41) is 3.08. The van der Waals surface area contributed by atoms with Gasteiger partial charge in [0.25, 0.3) is 0 Å². The van der Waals surface area contributed by atoms with E-state index in [1.165, 1.54) is 23.3 Å². The van der Waals surface area contributed by atoms with Crippen molar-refractivity contribution in [2.24, 2.45) is 0 Å². The third kappa shape index (κ3) is 3.51. The molecule has 0 atom stereocenters. The van der Waals surface area contributed by atoms with Crippen LogP contribution in [0.25, 0.3) is 0 Å². The molecule has 0 heterocycles. The van der Waals surface area contributed by atoms with E-state index in [-0.39, 0.29) is 11.3 Å². The molecule has 3 nitrogen and oxygen atoms in total. The van der Waals surface area contributed by atoms with E-state index in [1.807, 2.05) is 19.0 Å². The highest BCUT2D eigenvalue weighted by molar-refractivity contribution is 7.98. The van der Waals surface area contributed by atoms with Crippen molar-refractivity contribution in [2.45, 2.75) is 23.2 Å². The average Bonchev–Trinajstić information content (AvgIpc) is 3.17. The summed E-state index contributed by atoms with van der Waals surface area (Å²) in [7, 11) is 3.82. The zero-order valence-electron chi connectivity index (χ0n) is 11.9. The highest BCUT2D eigenvalue weighted by Gasteiger charge is 2.45. The molecule has 0 unspecified atom stereocenters. The van der Waals surface area contributed by atoms with Gasteiger partial charge in [-0.05, 0) is 44.8 Å². The molecule has 1 aliphatic carbocycles. The van der Waals surface area contributed by atoms with Crippen molar-refractivity contribution in [3.8, 4) is 0 Å². The fourth-order valence-electron chi connectivity index (χ4n) is 2.39. The van der Waals surface area contributed by atoms with Crippen molar-refractivity contribution in [3.63, 3.8) is 0 Å². The second kappa shape index (κ2) is 5.97. The number of nitrogens with zero attached hydrogens (tertiary/aromatic N) is 1. The Morgan fingerprint density at radius 1 is 1.37 bits per heavy atom. The van der Waals surface area contributed by atoms with Gasteiger partial charge in [0.15, 0.2) is 0 Å². The van der Waals surface area contributed by atoms with Gasteiger partial charge in [0.1, 0.15) is 0 Å². The summed E-state index contributed by atoms with van der Waals surface area (Å²) in [4.78, 5) is 15.0. The van der Waals surface area contributed by atoms with Crippen LogP contribution >= 0.6 is 11.8 Å². The molecule has 19 heavy (non-hydrogen) atoms. The largest absolute Gasteiger partial charge is 0.354 e. The minimum absolute atomic E-state index is 0.109. The van der Waals surface area contributed by atoms with Crippen LogP contribution in [0.4, 0.5) is 0 Å². The molecule has 0 saturated heterocycles. The maximum atomic E-state index is 11.8. The molecular formula is C15H22N2OS. The van der Waals surface area contributed by atoms with E-state index in [0.717, 1.165) is 6.54 Å². The van der Waals surface area contributed by atoms with Gasteiger partial charge in [0.2, 0.25) is 5.91 Å². The van der Waals surface area contributed by atoms with Crippen LogP contribution in [-0.2, 0) is 10.2 Å². The number of benzene rings is 1. The second-order valence-corrected chi connectivity index (χ2v) is 6.34. The fraction of sp³-hybridized carbons (Fsp3) is 0.533. The van der Waals surface area contributed by atoms with Crippen molar-refractivity contribution in [1.29, 1.82) is 0 Å². The molecule has 1 aromatic carbocycles. The van der Waals surface area contributed by atoms with Crippen molar-refractivity contribution >= 4 is 17.7 Å². The summed E-state index contributed by atoms with van der Waals surface area (Å²) >= 11 is 1.79. The number of thioether (sulfide) groups is 1. The van der Waals surface area contributed by atoms with Crippen LogP contribution in [-0.4, -0.2) is 44.2 Å². The van der Waals surface area contributed by atoms with Gasteiger partial charge in [-0.3, -0.25) is 4.79 Å². The molecule has 0 aromatic heterocycles. The van der Waals surface area contributed by atoms with Gasteiger partial charge in [0, 0.05) is 16.9 Å². The molecule has 1 saturated carbocycles. The summed E-state index contributed by atoms with van der Waals surface area (Å²) in [6.07, 6.45) is 4.46. The van der Waals surface area contributed by atoms with E-state index in [1.54, 1.807) is 11.8 Å². The maximum absolute atomic E-state index is 11.8. The first kappa shape index (κ1) is 14.4. The zero-order valence-corrected chi connectivity index (χ0v) is 12.7. The number of hydrogen-bond donors (Lipinski definition) is 1. The minimum atomic E-state index is 0.109. The van der Waals surface area contributed by atoms with Gasteiger partial charge in [-0.1, -0.05) is 18.2 Å². The Bertz CT molecular complexity index is 455. The highest BCUT2D eigenvalue weighted by atomic mass is 32.2. The molecule has 1 aliphatic rings. The van der Waals surface area contributed by atoms with E-state index < -0.39 is 0 Å². The van der Waals surface area contributed by atoms with Crippen LogP contribution in [0.2, 0.25) is 0 Å². The van der Waals surface area contributed by atoms with Gasteiger partial charge in [-0.25, -0.2) is 0 Å².